The third-order valence-corrected chi connectivity index (χ3v) is 3.26. The van der Waals surface area contributed by atoms with E-state index in [-0.39, 0.29) is 18.3 Å². The van der Waals surface area contributed by atoms with E-state index in [2.05, 4.69) is 25.6 Å². The highest BCUT2D eigenvalue weighted by Crippen LogP contribution is 2.22. The molecule has 7 heteroatoms. The summed E-state index contributed by atoms with van der Waals surface area (Å²) in [5.41, 5.74) is -0.277. The molecule has 0 aromatic carbocycles. The smallest absolute Gasteiger partial charge is 0.371 e. The molecule has 1 aliphatic rings. The number of ether oxygens (including phenoxy) is 2. The van der Waals surface area contributed by atoms with Gasteiger partial charge in [0.25, 0.3) is 0 Å². The molecule has 1 fully saturated rings. The molecule has 0 amide bonds. The average Bonchev–Trinajstić information content (AvgIpc) is 2.21. The summed E-state index contributed by atoms with van der Waals surface area (Å²) in [4.78, 5) is 2.08. The van der Waals surface area contributed by atoms with Gasteiger partial charge < -0.3 is 9.47 Å². The summed E-state index contributed by atoms with van der Waals surface area (Å²) in [7, 11) is 0. The molecule has 108 valence electrons. The minimum atomic E-state index is -4.25. The van der Waals surface area contributed by atoms with E-state index in [1.807, 2.05) is 13.8 Å². The van der Waals surface area contributed by atoms with Gasteiger partial charge in [0, 0.05) is 25.0 Å². The first-order chi connectivity index (χ1) is 8.22. The number of nitrogens with zero attached hydrogens (tertiary/aromatic N) is 1. The highest BCUT2D eigenvalue weighted by molar-refractivity contribution is 9.09. The summed E-state index contributed by atoms with van der Waals surface area (Å²) in [5.74, 6) is 0. The number of hydrogen-bond donors (Lipinski definition) is 0. The van der Waals surface area contributed by atoms with Crippen LogP contribution in [0.4, 0.5) is 13.2 Å². The monoisotopic (exact) mass is 333 g/mol. The third-order valence-electron chi connectivity index (χ3n) is 2.54. The summed E-state index contributed by atoms with van der Waals surface area (Å²) in [6.45, 7) is 4.77. The van der Waals surface area contributed by atoms with Crippen LogP contribution in [0, 0.1) is 0 Å². The molecule has 0 aromatic heterocycles. The minimum Gasteiger partial charge on any atom is -0.371 e. The maximum absolute atomic E-state index is 11.9. The second kappa shape index (κ2) is 6.54. The molecule has 0 aromatic rings. The van der Waals surface area contributed by atoms with Gasteiger partial charge in [0.1, 0.15) is 6.61 Å². The van der Waals surface area contributed by atoms with E-state index >= 15 is 0 Å². The van der Waals surface area contributed by atoms with E-state index in [0.717, 1.165) is 5.33 Å². The zero-order chi connectivity index (χ0) is 13.8. The van der Waals surface area contributed by atoms with Crippen LogP contribution in [0.5, 0.6) is 0 Å². The standard InChI is InChI=1S/C11H19BrF3NO2/c1-10(2)7-16(6-9(5-12)18-10)3-4-17-8-11(13,14)15/h9H,3-8H2,1-2H3. The van der Waals surface area contributed by atoms with Crippen molar-refractivity contribution < 1.29 is 22.6 Å². The summed E-state index contributed by atoms with van der Waals surface area (Å²) in [6.07, 6.45) is -4.18. The summed E-state index contributed by atoms with van der Waals surface area (Å²) in [5, 5.41) is 0.719. The minimum absolute atomic E-state index is 0.0661. The molecule has 1 saturated heterocycles. The maximum atomic E-state index is 11.9. The molecule has 0 spiro atoms. The maximum Gasteiger partial charge on any atom is 0.411 e. The predicted molar refractivity (Wildman–Crippen MR) is 66.1 cm³/mol. The molecule has 3 nitrogen and oxygen atoms in total. The second-order valence-corrected chi connectivity index (χ2v) is 5.70. The highest BCUT2D eigenvalue weighted by Gasteiger charge is 2.33. The Labute approximate surface area is 114 Å². The van der Waals surface area contributed by atoms with Crippen molar-refractivity contribution in [3.05, 3.63) is 0 Å². The fraction of sp³-hybridized carbons (Fsp3) is 1.00. The quantitative estimate of drug-likeness (QED) is 0.569. The van der Waals surface area contributed by atoms with Crippen LogP contribution in [0.1, 0.15) is 13.8 Å². The van der Waals surface area contributed by atoms with Crippen LogP contribution in [0.25, 0.3) is 0 Å². The van der Waals surface area contributed by atoms with Crippen molar-refractivity contribution in [2.45, 2.75) is 31.7 Å². The van der Waals surface area contributed by atoms with Crippen molar-refractivity contribution in [2.24, 2.45) is 0 Å². The molecule has 0 radical (unpaired) electrons. The fourth-order valence-electron chi connectivity index (χ4n) is 2.05. The van der Waals surface area contributed by atoms with E-state index in [0.29, 0.717) is 19.6 Å². The molecule has 0 saturated carbocycles. The average molecular weight is 334 g/mol. The second-order valence-electron chi connectivity index (χ2n) is 5.06. The summed E-state index contributed by atoms with van der Waals surface area (Å²) >= 11 is 3.37. The zero-order valence-electron chi connectivity index (χ0n) is 10.6. The lowest BCUT2D eigenvalue weighted by Crippen LogP contribution is -2.53. The van der Waals surface area contributed by atoms with Gasteiger partial charge in [-0.05, 0) is 13.8 Å². The van der Waals surface area contributed by atoms with Gasteiger partial charge in [-0.1, -0.05) is 15.9 Å². The molecule has 1 unspecified atom stereocenters. The van der Waals surface area contributed by atoms with Crippen molar-refractivity contribution in [2.75, 3.05) is 38.2 Å². The fourth-order valence-corrected chi connectivity index (χ4v) is 2.39. The van der Waals surface area contributed by atoms with Crippen molar-refractivity contribution in [3.8, 4) is 0 Å². The number of morpholine rings is 1. The number of alkyl halides is 4. The Balaban J connectivity index is 2.29. The summed E-state index contributed by atoms with van der Waals surface area (Å²) in [6, 6.07) is 0. The lowest BCUT2D eigenvalue weighted by molar-refractivity contribution is -0.177. The van der Waals surface area contributed by atoms with Gasteiger partial charge in [-0.15, -0.1) is 0 Å². The van der Waals surface area contributed by atoms with E-state index in [9.17, 15) is 13.2 Å². The van der Waals surface area contributed by atoms with E-state index in [1.165, 1.54) is 0 Å². The lowest BCUT2D eigenvalue weighted by Gasteiger charge is -2.42. The Morgan fingerprint density at radius 3 is 2.67 bits per heavy atom. The number of halogens is 4. The van der Waals surface area contributed by atoms with Crippen molar-refractivity contribution in [3.63, 3.8) is 0 Å². The Kier molecular flexibility index (Phi) is 5.89. The largest absolute Gasteiger partial charge is 0.411 e. The molecule has 18 heavy (non-hydrogen) atoms. The van der Waals surface area contributed by atoms with Crippen molar-refractivity contribution in [1.29, 1.82) is 0 Å². The van der Waals surface area contributed by atoms with E-state index in [1.54, 1.807) is 0 Å². The molecule has 0 bridgehead atoms. The predicted octanol–water partition coefficient (Wildman–Crippen LogP) is 2.44. The van der Waals surface area contributed by atoms with Gasteiger partial charge >= 0.3 is 6.18 Å². The molecule has 1 aliphatic heterocycles. The Bertz CT molecular complexity index is 261. The zero-order valence-corrected chi connectivity index (χ0v) is 12.2. The van der Waals surface area contributed by atoms with Gasteiger partial charge in [-0.2, -0.15) is 13.2 Å². The molecular formula is C11H19BrF3NO2. The lowest BCUT2D eigenvalue weighted by atomic mass is 10.1. The molecular weight excluding hydrogens is 315 g/mol. The van der Waals surface area contributed by atoms with Gasteiger partial charge in [-0.25, -0.2) is 0 Å². The van der Waals surface area contributed by atoms with Crippen LogP contribution in [0.2, 0.25) is 0 Å². The Morgan fingerprint density at radius 1 is 1.44 bits per heavy atom. The van der Waals surface area contributed by atoms with Crippen LogP contribution < -0.4 is 0 Å². The van der Waals surface area contributed by atoms with Gasteiger partial charge in [0.15, 0.2) is 0 Å². The first-order valence-electron chi connectivity index (χ1n) is 5.82. The van der Waals surface area contributed by atoms with Gasteiger partial charge in [0.2, 0.25) is 0 Å². The first kappa shape index (κ1) is 16.2. The van der Waals surface area contributed by atoms with Crippen molar-refractivity contribution >= 4 is 15.9 Å². The van der Waals surface area contributed by atoms with E-state index in [4.69, 9.17) is 4.74 Å². The highest BCUT2D eigenvalue weighted by atomic mass is 79.9. The SMILES string of the molecule is CC1(C)CN(CCOCC(F)(F)F)CC(CBr)O1. The number of rotatable bonds is 5. The number of hydrogen-bond acceptors (Lipinski definition) is 3. The van der Waals surface area contributed by atoms with Crippen LogP contribution >= 0.6 is 15.9 Å². The van der Waals surface area contributed by atoms with Gasteiger partial charge in [-0.3, -0.25) is 4.90 Å². The normalized spacial score (nSPS) is 25.3. The molecule has 1 heterocycles. The van der Waals surface area contributed by atoms with Crippen LogP contribution in [-0.4, -0.2) is 61.0 Å². The van der Waals surface area contributed by atoms with Crippen LogP contribution in [0.3, 0.4) is 0 Å². The van der Waals surface area contributed by atoms with E-state index < -0.39 is 12.8 Å². The molecule has 1 rings (SSSR count). The van der Waals surface area contributed by atoms with Crippen LogP contribution in [0.15, 0.2) is 0 Å². The van der Waals surface area contributed by atoms with Crippen LogP contribution in [-0.2, 0) is 9.47 Å². The third kappa shape index (κ3) is 6.36. The van der Waals surface area contributed by atoms with Gasteiger partial charge in [0.05, 0.1) is 18.3 Å². The first-order valence-corrected chi connectivity index (χ1v) is 6.95. The molecule has 0 N–H and O–H groups in total. The summed E-state index contributed by atoms with van der Waals surface area (Å²) < 4.78 is 46.1. The molecule has 0 aliphatic carbocycles. The Hall–Kier alpha value is 0.150. The Morgan fingerprint density at radius 2 is 2.11 bits per heavy atom. The van der Waals surface area contributed by atoms with Crippen molar-refractivity contribution in [1.82, 2.24) is 4.90 Å². The topological polar surface area (TPSA) is 21.7 Å². The molecule has 1 atom stereocenters.